The molecule has 2 rings (SSSR count). The molecule has 82 valence electrons. The maximum Gasteiger partial charge on any atom is 0.224 e. The number of rotatable bonds is 2. The number of nitrogens with one attached hydrogen (secondary N) is 1. The summed E-state index contributed by atoms with van der Waals surface area (Å²) in [7, 11) is 0. The molecule has 0 bridgehead atoms. The number of anilines is 1. The SMILES string of the molecule is OC1CCCC1Nc1nc(Cl)ncc1F. The molecule has 1 fully saturated rings. The molecule has 1 aliphatic rings. The Bertz CT molecular complexity index is 363. The van der Waals surface area contributed by atoms with Gasteiger partial charge in [0.1, 0.15) is 0 Å². The normalized spacial score (nSPS) is 25.5. The van der Waals surface area contributed by atoms with Crippen LogP contribution >= 0.6 is 11.6 Å². The Morgan fingerprint density at radius 2 is 2.33 bits per heavy atom. The Morgan fingerprint density at radius 1 is 1.53 bits per heavy atom. The predicted molar refractivity (Wildman–Crippen MR) is 54.3 cm³/mol. The number of nitrogens with zero attached hydrogens (tertiary/aromatic N) is 2. The van der Waals surface area contributed by atoms with E-state index in [4.69, 9.17) is 11.6 Å². The van der Waals surface area contributed by atoms with Crippen LogP contribution in [0.3, 0.4) is 0 Å². The molecular formula is C9H11ClFN3O. The Morgan fingerprint density at radius 3 is 3.00 bits per heavy atom. The Balaban J connectivity index is 2.12. The third-order valence-corrected chi connectivity index (χ3v) is 2.70. The average molecular weight is 232 g/mol. The van der Waals surface area contributed by atoms with Crippen molar-refractivity contribution in [3.8, 4) is 0 Å². The highest BCUT2D eigenvalue weighted by molar-refractivity contribution is 6.28. The second kappa shape index (κ2) is 4.28. The number of hydrogen-bond acceptors (Lipinski definition) is 4. The van der Waals surface area contributed by atoms with Crippen LogP contribution in [0, 0.1) is 5.82 Å². The lowest BCUT2D eigenvalue weighted by atomic mass is 10.2. The number of aliphatic hydroxyl groups is 1. The summed E-state index contributed by atoms with van der Waals surface area (Å²) in [5.41, 5.74) is 0. The van der Waals surface area contributed by atoms with Crippen LogP contribution in [-0.2, 0) is 0 Å². The van der Waals surface area contributed by atoms with Crippen molar-refractivity contribution in [2.75, 3.05) is 5.32 Å². The molecule has 1 aromatic rings. The quantitative estimate of drug-likeness (QED) is 0.759. The molecule has 1 saturated carbocycles. The van der Waals surface area contributed by atoms with Gasteiger partial charge in [-0.05, 0) is 30.9 Å². The van der Waals surface area contributed by atoms with E-state index in [1.165, 1.54) is 0 Å². The maximum atomic E-state index is 13.2. The molecule has 15 heavy (non-hydrogen) atoms. The first-order chi connectivity index (χ1) is 7.16. The van der Waals surface area contributed by atoms with Crippen LogP contribution < -0.4 is 5.32 Å². The highest BCUT2D eigenvalue weighted by Crippen LogP contribution is 2.23. The Hall–Kier alpha value is -0.940. The van der Waals surface area contributed by atoms with Crippen molar-refractivity contribution in [3.63, 3.8) is 0 Å². The van der Waals surface area contributed by atoms with E-state index in [-0.39, 0.29) is 17.1 Å². The average Bonchev–Trinajstić information content (AvgIpc) is 2.58. The van der Waals surface area contributed by atoms with Crippen molar-refractivity contribution >= 4 is 17.4 Å². The van der Waals surface area contributed by atoms with Gasteiger partial charge in [-0.2, -0.15) is 4.98 Å². The van der Waals surface area contributed by atoms with E-state index in [0.717, 1.165) is 25.5 Å². The molecule has 2 N–H and O–H groups in total. The third-order valence-electron chi connectivity index (χ3n) is 2.52. The number of aliphatic hydroxyl groups excluding tert-OH is 1. The van der Waals surface area contributed by atoms with Crippen LogP contribution in [0.5, 0.6) is 0 Å². The van der Waals surface area contributed by atoms with Gasteiger partial charge in [0.05, 0.1) is 18.3 Å². The predicted octanol–water partition coefficient (Wildman–Crippen LogP) is 1.59. The number of aromatic nitrogens is 2. The molecule has 0 aliphatic heterocycles. The fourth-order valence-corrected chi connectivity index (χ4v) is 1.86. The van der Waals surface area contributed by atoms with Gasteiger partial charge in [-0.1, -0.05) is 0 Å². The van der Waals surface area contributed by atoms with E-state index in [9.17, 15) is 9.50 Å². The third kappa shape index (κ3) is 2.35. The zero-order valence-electron chi connectivity index (χ0n) is 7.95. The lowest BCUT2D eigenvalue weighted by Crippen LogP contribution is -2.28. The maximum absolute atomic E-state index is 13.2. The fourth-order valence-electron chi connectivity index (χ4n) is 1.73. The Kier molecular flexibility index (Phi) is 3.02. The molecule has 6 heteroatoms. The molecule has 0 amide bonds. The van der Waals surface area contributed by atoms with Crippen molar-refractivity contribution in [1.82, 2.24) is 9.97 Å². The van der Waals surface area contributed by atoms with E-state index in [1.807, 2.05) is 0 Å². The van der Waals surface area contributed by atoms with Gasteiger partial charge >= 0.3 is 0 Å². The van der Waals surface area contributed by atoms with Crippen molar-refractivity contribution in [3.05, 3.63) is 17.3 Å². The van der Waals surface area contributed by atoms with E-state index < -0.39 is 11.9 Å². The lowest BCUT2D eigenvalue weighted by Gasteiger charge is -2.17. The zero-order valence-corrected chi connectivity index (χ0v) is 8.71. The van der Waals surface area contributed by atoms with E-state index in [2.05, 4.69) is 15.3 Å². The van der Waals surface area contributed by atoms with Crippen molar-refractivity contribution in [1.29, 1.82) is 0 Å². The summed E-state index contributed by atoms with van der Waals surface area (Å²) in [6.07, 6.45) is 3.04. The molecule has 4 nitrogen and oxygen atoms in total. The largest absolute Gasteiger partial charge is 0.391 e. The highest BCUT2D eigenvalue weighted by atomic mass is 35.5. The van der Waals surface area contributed by atoms with Crippen LogP contribution in [0.4, 0.5) is 10.2 Å². The minimum atomic E-state index is -0.557. The summed E-state index contributed by atoms with van der Waals surface area (Å²) in [5.74, 6) is -0.501. The lowest BCUT2D eigenvalue weighted by molar-refractivity contribution is 0.171. The first-order valence-electron chi connectivity index (χ1n) is 4.79. The molecule has 0 spiro atoms. The minimum Gasteiger partial charge on any atom is -0.391 e. The van der Waals surface area contributed by atoms with Crippen LogP contribution in [0.25, 0.3) is 0 Å². The highest BCUT2D eigenvalue weighted by Gasteiger charge is 2.26. The van der Waals surface area contributed by atoms with Gasteiger partial charge in [-0.25, -0.2) is 9.37 Å². The first kappa shape index (κ1) is 10.6. The van der Waals surface area contributed by atoms with Crippen molar-refractivity contribution in [2.24, 2.45) is 0 Å². The molecule has 1 heterocycles. The van der Waals surface area contributed by atoms with E-state index in [1.54, 1.807) is 0 Å². The molecule has 0 radical (unpaired) electrons. The molecule has 2 atom stereocenters. The first-order valence-corrected chi connectivity index (χ1v) is 5.17. The standard InChI is InChI=1S/C9H11ClFN3O/c10-9-12-4-5(11)8(14-9)13-6-2-1-3-7(6)15/h4,6-7,15H,1-3H2,(H,12,13,14). The van der Waals surface area contributed by atoms with Gasteiger partial charge in [0.25, 0.3) is 0 Å². The van der Waals surface area contributed by atoms with Gasteiger partial charge in [0.15, 0.2) is 11.6 Å². The van der Waals surface area contributed by atoms with Crippen molar-refractivity contribution < 1.29 is 9.50 Å². The van der Waals surface area contributed by atoms with E-state index in [0.29, 0.717) is 0 Å². The number of halogens is 2. The summed E-state index contributed by atoms with van der Waals surface area (Å²) >= 11 is 5.55. The van der Waals surface area contributed by atoms with E-state index >= 15 is 0 Å². The van der Waals surface area contributed by atoms with Gasteiger partial charge < -0.3 is 10.4 Å². The summed E-state index contributed by atoms with van der Waals surface area (Å²) in [4.78, 5) is 7.24. The van der Waals surface area contributed by atoms with Gasteiger partial charge in [-0.15, -0.1) is 0 Å². The van der Waals surface area contributed by atoms with Crippen molar-refractivity contribution in [2.45, 2.75) is 31.4 Å². The molecule has 2 unspecified atom stereocenters. The van der Waals surface area contributed by atoms with Crippen LogP contribution in [0.15, 0.2) is 6.20 Å². The fraction of sp³-hybridized carbons (Fsp3) is 0.556. The zero-order chi connectivity index (χ0) is 10.8. The molecular weight excluding hydrogens is 221 g/mol. The summed E-state index contributed by atoms with van der Waals surface area (Å²) in [5, 5.41) is 12.4. The van der Waals surface area contributed by atoms with Gasteiger partial charge in [0.2, 0.25) is 5.28 Å². The summed E-state index contributed by atoms with van der Waals surface area (Å²) in [6.45, 7) is 0. The van der Waals surface area contributed by atoms with Gasteiger partial charge in [-0.3, -0.25) is 0 Å². The van der Waals surface area contributed by atoms with Crippen LogP contribution in [0.1, 0.15) is 19.3 Å². The monoisotopic (exact) mass is 231 g/mol. The summed E-state index contributed by atoms with van der Waals surface area (Å²) in [6, 6.07) is -0.148. The molecule has 0 saturated heterocycles. The minimum absolute atomic E-state index is 0.00798. The second-order valence-corrected chi connectivity index (χ2v) is 3.92. The molecule has 1 aliphatic carbocycles. The molecule has 0 aromatic carbocycles. The van der Waals surface area contributed by atoms with Gasteiger partial charge in [0, 0.05) is 0 Å². The smallest absolute Gasteiger partial charge is 0.224 e. The Labute approximate surface area is 91.5 Å². The number of hydrogen-bond donors (Lipinski definition) is 2. The topological polar surface area (TPSA) is 58.0 Å². The molecule has 1 aromatic heterocycles. The summed E-state index contributed by atoms with van der Waals surface area (Å²) < 4.78 is 13.2. The van der Waals surface area contributed by atoms with Crippen LogP contribution in [0.2, 0.25) is 5.28 Å². The van der Waals surface area contributed by atoms with Crippen LogP contribution in [-0.4, -0.2) is 27.2 Å². The second-order valence-electron chi connectivity index (χ2n) is 3.58.